The molecule has 0 saturated carbocycles. The van der Waals surface area contributed by atoms with Crippen LogP contribution >= 0.6 is 15.9 Å². The number of aromatic nitrogens is 2. The Hall–Kier alpha value is -1.36. The van der Waals surface area contributed by atoms with Crippen molar-refractivity contribution in [1.82, 2.24) is 9.78 Å². The summed E-state index contributed by atoms with van der Waals surface area (Å²) in [6.07, 6.45) is 0.0390. The van der Waals surface area contributed by atoms with Gasteiger partial charge < -0.3 is 5.11 Å². The summed E-state index contributed by atoms with van der Waals surface area (Å²) >= 11 is 3.40. The highest BCUT2D eigenvalue weighted by Gasteiger charge is 2.08. The molecule has 78 valence electrons. The second kappa shape index (κ2) is 3.66. The topological polar surface area (TPSA) is 55.1 Å². The lowest BCUT2D eigenvalue weighted by Crippen LogP contribution is -1.99. The average Bonchev–Trinajstić information content (AvgIpc) is 2.43. The van der Waals surface area contributed by atoms with Crippen LogP contribution in [0.1, 0.15) is 5.56 Å². The molecule has 1 N–H and O–H groups in total. The first kappa shape index (κ1) is 10.2. The van der Waals surface area contributed by atoms with E-state index >= 15 is 0 Å². The number of nitrogens with zero attached hydrogens (tertiary/aromatic N) is 2. The zero-order valence-corrected chi connectivity index (χ0v) is 9.65. The molecule has 0 aliphatic heterocycles. The highest BCUT2D eigenvalue weighted by molar-refractivity contribution is 9.10. The van der Waals surface area contributed by atoms with Gasteiger partial charge in [0.1, 0.15) is 4.60 Å². The minimum absolute atomic E-state index is 0.0390. The van der Waals surface area contributed by atoms with Crippen LogP contribution in [-0.2, 0) is 18.3 Å². The van der Waals surface area contributed by atoms with Gasteiger partial charge >= 0.3 is 5.97 Å². The molecule has 2 aromatic rings. The standard InChI is InChI=1S/C10H9BrN2O2/c1-13-10(11)7-4-6(5-9(14)15)2-3-8(7)12-13/h2-4H,5H2,1H3,(H,14,15). The molecule has 0 amide bonds. The van der Waals surface area contributed by atoms with Gasteiger partial charge in [-0.15, -0.1) is 0 Å². The summed E-state index contributed by atoms with van der Waals surface area (Å²) in [6, 6.07) is 5.47. The van der Waals surface area contributed by atoms with E-state index in [1.54, 1.807) is 10.7 Å². The minimum Gasteiger partial charge on any atom is -0.481 e. The predicted octanol–water partition coefficient (Wildman–Crippen LogP) is 1.96. The number of fused-ring (bicyclic) bond motifs is 1. The molecule has 15 heavy (non-hydrogen) atoms. The first-order valence-electron chi connectivity index (χ1n) is 4.41. The van der Waals surface area contributed by atoms with Gasteiger partial charge in [0, 0.05) is 12.4 Å². The number of carboxylic acid groups (broad SMARTS) is 1. The Bertz CT molecular complexity index is 533. The van der Waals surface area contributed by atoms with E-state index in [2.05, 4.69) is 21.0 Å². The molecule has 0 unspecified atom stereocenters. The molecule has 5 heteroatoms. The predicted molar refractivity (Wildman–Crippen MR) is 59.8 cm³/mol. The van der Waals surface area contributed by atoms with E-state index in [1.165, 1.54) is 0 Å². The molecule has 1 heterocycles. The molecule has 0 spiro atoms. The Labute approximate surface area is 94.6 Å². The Kier molecular flexibility index (Phi) is 2.48. The molecule has 0 aliphatic rings. The average molecular weight is 269 g/mol. The van der Waals surface area contributed by atoms with Crippen molar-refractivity contribution in [2.24, 2.45) is 7.05 Å². The molecule has 4 nitrogen and oxygen atoms in total. The van der Waals surface area contributed by atoms with Gasteiger partial charge in [0.25, 0.3) is 0 Å². The Morgan fingerprint density at radius 2 is 2.33 bits per heavy atom. The zero-order chi connectivity index (χ0) is 11.0. The van der Waals surface area contributed by atoms with Gasteiger partial charge in [-0.3, -0.25) is 9.48 Å². The largest absolute Gasteiger partial charge is 0.481 e. The normalized spacial score (nSPS) is 10.8. The maximum Gasteiger partial charge on any atom is 0.307 e. The smallest absolute Gasteiger partial charge is 0.307 e. The SMILES string of the molecule is Cn1nc2ccc(CC(=O)O)cc2c1Br. The van der Waals surface area contributed by atoms with E-state index < -0.39 is 5.97 Å². The van der Waals surface area contributed by atoms with E-state index in [-0.39, 0.29) is 6.42 Å². The number of carbonyl (C=O) groups is 1. The lowest BCUT2D eigenvalue weighted by Gasteiger charge is -1.96. The molecule has 0 radical (unpaired) electrons. The van der Waals surface area contributed by atoms with Crippen molar-refractivity contribution in [3.8, 4) is 0 Å². The van der Waals surface area contributed by atoms with E-state index in [9.17, 15) is 4.79 Å². The van der Waals surface area contributed by atoms with E-state index in [0.717, 1.165) is 21.1 Å². The highest BCUT2D eigenvalue weighted by Crippen LogP contribution is 2.24. The monoisotopic (exact) mass is 268 g/mol. The maximum absolute atomic E-state index is 10.6. The molecular weight excluding hydrogens is 260 g/mol. The van der Waals surface area contributed by atoms with Crippen LogP contribution in [0.15, 0.2) is 22.8 Å². The van der Waals surface area contributed by atoms with Crippen molar-refractivity contribution in [2.45, 2.75) is 6.42 Å². The molecular formula is C10H9BrN2O2. The third-order valence-corrected chi connectivity index (χ3v) is 3.12. The maximum atomic E-state index is 10.6. The summed E-state index contributed by atoms with van der Waals surface area (Å²) in [7, 11) is 1.83. The fourth-order valence-electron chi connectivity index (χ4n) is 1.50. The van der Waals surface area contributed by atoms with Gasteiger partial charge in [0.05, 0.1) is 11.9 Å². The van der Waals surface area contributed by atoms with Crippen LogP contribution in [0.5, 0.6) is 0 Å². The Morgan fingerprint density at radius 1 is 1.60 bits per heavy atom. The van der Waals surface area contributed by atoms with Gasteiger partial charge in [-0.25, -0.2) is 0 Å². The summed E-state index contributed by atoms with van der Waals surface area (Å²) in [4.78, 5) is 10.6. The van der Waals surface area contributed by atoms with Crippen molar-refractivity contribution < 1.29 is 9.90 Å². The number of rotatable bonds is 2. The van der Waals surface area contributed by atoms with Crippen LogP contribution in [0.3, 0.4) is 0 Å². The number of aliphatic carboxylic acids is 1. The summed E-state index contributed by atoms with van der Waals surface area (Å²) in [5.74, 6) is -0.825. The highest BCUT2D eigenvalue weighted by atomic mass is 79.9. The number of carboxylic acids is 1. The molecule has 1 aromatic heterocycles. The van der Waals surface area contributed by atoms with Gasteiger partial charge in [-0.2, -0.15) is 5.10 Å². The van der Waals surface area contributed by atoms with Crippen molar-refractivity contribution >= 4 is 32.8 Å². The van der Waals surface area contributed by atoms with Crippen molar-refractivity contribution in [1.29, 1.82) is 0 Å². The van der Waals surface area contributed by atoms with Crippen LogP contribution in [0.25, 0.3) is 10.9 Å². The third-order valence-electron chi connectivity index (χ3n) is 2.18. The van der Waals surface area contributed by atoms with Gasteiger partial charge in [-0.1, -0.05) is 6.07 Å². The van der Waals surface area contributed by atoms with Crippen molar-refractivity contribution in [2.75, 3.05) is 0 Å². The second-order valence-corrected chi connectivity index (χ2v) is 4.09. The quantitative estimate of drug-likeness (QED) is 0.906. The second-order valence-electron chi connectivity index (χ2n) is 3.34. The molecule has 0 saturated heterocycles. The lowest BCUT2D eigenvalue weighted by molar-refractivity contribution is -0.136. The van der Waals surface area contributed by atoms with Gasteiger partial charge in [0.15, 0.2) is 0 Å². The molecule has 0 bridgehead atoms. The number of hydrogen-bond donors (Lipinski definition) is 1. The first-order valence-corrected chi connectivity index (χ1v) is 5.20. The Morgan fingerprint density at radius 3 is 3.00 bits per heavy atom. The van der Waals surface area contributed by atoms with Crippen molar-refractivity contribution in [3.63, 3.8) is 0 Å². The first-order chi connectivity index (χ1) is 7.08. The van der Waals surface area contributed by atoms with E-state index in [1.807, 2.05) is 19.2 Å². The van der Waals surface area contributed by atoms with Crippen LogP contribution in [0.2, 0.25) is 0 Å². The molecule has 2 rings (SSSR count). The van der Waals surface area contributed by atoms with Crippen LogP contribution in [0.4, 0.5) is 0 Å². The van der Waals surface area contributed by atoms with Crippen LogP contribution in [-0.4, -0.2) is 20.9 Å². The fourth-order valence-corrected chi connectivity index (χ4v) is 1.90. The number of aryl methyl sites for hydroxylation is 1. The molecule has 0 aliphatic carbocycles. The lowest BCUT2D eigenvalue weighted by atomic mass is 10.1. The minimum atomic E-state index is -0.825. The molecule has 1 aromatic carbocycles. The number of benzene rings is 1. The number of halogens is 1. The fraction of sp³-hybridized carbons (Fsp3) is 0.200. The van der Waals surface area contributed by atoms with Crippen molar-refractivity contribution in [3.05, 3.63) is 28.4 Å². The van der Waals surface area contributed by atoms with Gasteiger partial charge in [-0.05, 0) is 33.6 Å². The zero-order valence-electron chi connectivity index (χ0n) is 8.07. The van der Waals surface area contributed by atoms with E-state index in [0.29, 0.717) is 0 Å². The van der Waals surface area contributed by atoms with Crippen LogP contribution in [0, 0.1) is 0 Å². The number of hydrogen-bond acceptors (Lipinski definition) is 2. The van der Waals surface area contributed by atoms with Crippen LogP contribution < -0.4 is 0 Å². The summed E-state index contributed by atoms with van der Waals surface area (Å²) < 4.78 is 2.58. The summed E-state index contributed by atoms with van der Waals surface area (Å²) in [5, 5.41) is 13.9. The molecule has 0 atom stereocenters. The van der Waals surface area contributed by atoms with Gasteiger partial charge in [0.2, 0.25) is 0 Å². The molecule has 0 fully saturated rings. The Balaban J connectivity index is 2.54. The third kappa shape index (κ3) is 1.87. The van der Waals surface area contributed by atoms with E-state index in [4.69, 9.17) is 5.11 Å². The summed E-state index contributed by atoms with van der Waals surface area (Å²) in [6.45, 7) is 0. The summed E-state index contributed by atoms with van der Waals surface area (Å²) in [5.41, 5.74) is 1.64.